The molecule has 2 aromatic rings. The Morgan fingerprint density at radius 3 is 2.73 bits per heavy atom. The highest BCUT2D eigenvalue weighted by Gasteiger charge is 2.20. The van der Waals surface area contributed by atoms with E-state index in [1.165, 1.54) is 13.0 Å². The summed E-state index contributed by atoms with van der Waals surface area (Å²) >= 11 is 2.57. The molecule has 2 rings (SSSR count). The Kier molecular flexibility index (Phi) is 7.15. The highest BCUT2D eigenvalue weighted by Crippen LogP contribution is 2.23. The van der Waals surface area contributed by atoms with Crippen LogP contribution in [0.25, 0.3) is 0 Å². The number of aromatic nitrogens is 2. The van der Waals surface area contributed by atoms with Gasteiger partial charge in [0, 0.05) is 11.8 Å². The van der Waals surface area contributed by atoms with E-state index in [0.29, 0.717) is 11.4 Å². The molecule has 26 heavy (non-hydrogen) atoms. The lowest BCUT2D eigenvalue weighted by Gasteiger charge is -2.12. The summed E-state index contributed by atoms with van der Waals surface area (Å²) in [4.78, 5) is 30.6. The van der Waals surface area contributed by atoms with E-state index in [1.807, 2.05) is 6.92 Å². The molecule has 2 N–H and O–H groups in total. The molecule has 0 bridgehead atoms. The Balaban J connectivity index is 2.09. The van der Waals surface area contributed by atoms with Gasteiger partial charge >= 0.3 is 0 Å². The molecule has 0 aliphatic heterocycles. The monoisotopic (exact) mass is 403 g/mol. The molecule has 0 saturated carbocycles. The van der Waals surface area contributed by atoms with Crippen LogP contribution in [0.3, 0.4) is 0 Å². The summed E-state index contributed by atoms with van der Waals surface area (Å²) in [6.07, 6.45) is 0. The fraction of sp³-hybridized carbons (Fsp3) is 0.312. The third-order valence-electron chi connectivity index (χ3n) is 3.18. The van der Waals surface area contributed by atoms with Crippen molar-refractivity contribution in [2.24, 2.45) is 0 Å². The molecule has 5 nitrogen and oxygen atoms in total. The quantitative estimate of drug-likeness (QED) is 0.420. The third kappa shape index (κ3) is 5.28. The van der Waals surface area contributed by atoms with E-state index in [2.05, 4.69) is 15.3 Å². The molecular weight excluding hydrogens is 387 g/mol. The van der Waals surface area contributed by atoms with Crippen LogP contribution in [0.4, 0.5) is 18.9 Å². The molecule has 0 spiro atoms. The van der Waals surface area contributed by atoms with Crippen molar-refractivity contribution in [2.45, 2.75) is 30.0 Å². The van der Waals surface area contributed by atoms with Crippen LogP contribution < -0.4 is 10.9 Å². The lowest BCUT2D eigenvalue weighted by molar-refractivity contribution is -0.115. The molecule has 1 unspecified atom stereocenters. The summed E-state index contributed by atoms with van der Waals surface area (Å²) in [6, 6.07) is 3.04. The number of rotatable bonds is 7. The highest BCUT2D eigenvalue weighted by molar-refractivity contribution is 8.00. The van der Waals surface area contributed by atoms with Crippen molar-refractivity contribution in [3.63, 3.8) is 0 Å². The smallest absolute Gasteiger partial charge is 0.251 e. The van der Waals surface area contributed by atoms with Crippen LogP contribution in [-0.2, 0) is 10.5 Å². The van der Waals surface area contributed by atoms with E-state index in [-0.39, 0.29) is 10.7 Å². The van der Waals surface area contributed by atoms with Crippen LogP contribution in [0.2, 0.25) is 0 Å². The molecule has 1 aromatic carbocycles. The summed E-state index contributed by atoms with van der Waals surface area (Å²) < 4.78 is 39.8. The number of halogens is 3. The van der Waals surface area contributed by atoms with Crippen molar-refractivity contribution >= 4 is 35.1 Å². The van der Waals surface area contributed by atoms with Crippen LogP contribution in [0.1, 0.15) is 19.5 Å². The van der Waals surface area contributed by atoms with Crippen LogP contribution in [-0.4, -0.2) is 26.9 Å². The second-order valence-electron chi connectivity index (χ2n) is 5.15. The molecular formula is C16H16F3N3O2S2. The number of carbonyl (C=O) groups excluding carboxylic acids is 1. The van der Waals surface area contributed by atoms with Crippen molar-refractivity contribution in [3.8, 4) is 0 Å². The first-order valence-electron chi connectivity index (χ1n) is 7.60. The van der Waals surface area contributed by atoms with Gasteiger partial charge < -0.3 is 10.3 Å². The third-order valence-corrected chi connectivity index (χ3v) is 5.07. The van der Waals surface area contributed by atoms with Crippen LogP contribution in [0.5, 0.6) is 0 Å². The molecule has 1 atom stereocenters. The van der Waals surface area contributed by atoms with Crippen molar-refractivity contribution < 1.29 is 18.0 Å². The second kappa shape index (κ2) is 9.13. The van der Waals surface area contributed by atoms with Gasteiger partial charge in [-0.25, -0.2) is 18.2 Å². The van der Waals surface area contributed by atoms with E-state index in [9.17, 15) is 22.8 Å². The molecule has 1 amide bonds. The first kappa shape index (κ1) is 20.4. The Morgan fingerprint density at radius 1 is 1.31 bits per heavy atom. The first-order chi connectivity index (χ1) is 12.3. The van der Waals surface area contributed by atoms with E-state index in [0.717, 1.165) is 29.6 Å². The van der Waals surface area contributed by atoms with E-state index in [1.54, 1.807) is 11.8 Å². The molecule has 1 aromatic heterocycles. The predicted octanol–water partition coefficient (Wildman–Crippen LogP) is 3.56. The Morgan fingerprint density at radius 2 is 2.04 bits per heavy atom. The van der Waals surface area contributed by atoms with Gasteiger partial charge in [0.25, 0.3) is 5.56 Å². The number of hydrogen-bond acceptors (Lipinski definition) is 5. The minimum Gasteiger partial charge on any atom is -0.323 e. The Hall–Kier alpha value is -1.94. The number of carbonyl (C=O) groups is 1. The average molecular weight is 403 g/mol. The molecule has 0 aliphatic rings. The summed E-state index contributed by atoms with van der Waals surface area (Å²) in [6.45, 7) is 3.50. The van der Waals surface area contributed by atoms with Crippen LogP contribution in [0, 0.1) is 17.5 Å². The summed E-state index contributed by atoms with van der Waals surface area (Å²) in [5.74, 6) is -3.68. The van der Waals surface area contributed by atoms with Crippen LogP contribution >= 0.6 is 23.5 Å². The van der Waals surface area contributed by atoms with Gasteiger partial charge in [0.1, 0.15) is 0 Å². The zero-order valence-corrected chi connectivity index (χ0v) is 15.6. The maximum Gasteiger partial charge on any atom is 0.251 e. The minimum absolute atomic E-state index is 0.248. The fourth-order valence-corrected chi connectivity index (χ4v) is 3.29. The van der Waals surface area contributed by atoms with E-state index in [4.69, 9.17) is 0 Å². The van der Waals surface area contributed by atoms with Gasteiger partial charge in [0.05, 0.1) is 16.6 Å². The fourth-order valence-electron chi connectivity index (χ4n) is 1.90. The number of aromatic amines is 1. The number of hydrogen-bond donors (Lipinski definition) is 2. The normalized spacial score (nSPS) is 12.0. The average Bonchev–Trinajstić information content (AvgIpc) is 2.59. The molecule has 0 aliphatic carbocycles. The van der Waals surface area contributed by atoms with Gasteiger partial charge in [-0.1, -0.05) is 18.7 Å². The summed E-state index contributed by atoms with van der Waals surface area (Å²) in [5.41, 5.74) is -0.216. The highest BCUT2D eigenvalue weighted by atomic mass is 32.2. The summed E-state index contributed by atoms with van der Waals surface area (Å²) in [5, 5.41) is 1.68. The zero-order valence-electron chi connectivity index (χ0n) is 13.9. The van der Waals surface area contributed by atoms with Crippen molar-refractivity contribution in [1.82, 2.24) is 9.97 Å². The van der Waals surface area contributed by atoms with Crippen molar-refractivity contribution in [1.29, 1.82) is 0 Å². The van der Waals surface area contributed by atoms with Gasteiger partial charge in [0.2, 0.25) is 5.91 Å². The molecule has 0 radical (unpaired) electrons. The maximum atomic E-state index is 13.6. The van der Waals surface area contributed by atoms with E-state index >= 15 is 0 Å². The van der Waals surface area contributed by atoms with Gasteiger partial charge in [-0.05, 0) is 24.8 Å². The Bertz CT molecular complexity index is 861. The summed E-state index contributed by atoms with van der Waals surface area (Å²) in [7, 11) is 0. The number of H-pyrrole nitrogens is 1. The molecule has 1 heterocycles. The molecule has 140 valence electrons. The number of thioether (sulfide) groups is 2. The lowest BCUT2D eigenvalue weighted by atomic mass is 10.2. The molecule has 10 heteroatoms. The predicted molar refractivity (Wildman–Crippen MR) is 97.0 cm³/mol. The van der Waals surface area contributed by atoms with Crippen molar-refractivity contribution in [3.05, 3.63) is 51.7 Å². The second-order valence-corrected chi connectivity index (χ2v) is 7.76. The molecule has 0 fully saturated rings. The number of nitrogens with zero attached hydrogens (tertiary/aromatic N) is 1. The number of nitrogens with one attached hydrogen (secondary N) is 2. The largest absolute Gasteiger partial charge is 0.323 e. The maximum absolute atomic E-state index is 13.6. The first-order valence-corrected chi connectivity index (χ1v) is 9.64. The van der Waals surface area contributed by atoms with Gasteiger partial charge in [-0.15, -0.1) is 0 Å². The lowest BCUT2D eigenvalue weighted by Crippen LogP contribution is -2.24. The number of benzene rings is 1. The number of amides is 1. The van der Waals surface area contributed by atoms with Crippen LogP contribution in [0.15, 0.2) is 28.2 Å². The standard InChI is InChI=1S/C16H16F3N3O2S2/c1-3-25-7-9-6-12(23)22-16(20-9)26-8(2)15(24)21-11-5-4-10(17)13(18)14(11)19/h4-6,8H,3,7H2,1-2H3,(H,21,24)(H,20,22,23). The SMILES string of the molecule is CCSCc1cc(=O)[nH]c(SC(C)C(=O)Nc2ccc(F)c(F)c2F)n1. The van der Waals surface area contributed by atoms with Gasteiger partial charge in [-0.3, -0.25) is 9.59 Å². The zero-order chi connectivity index (χ0) is 19.3. The van der Waals surface area contributed by atoms with Gasteiger partial charge in [0.15, 0.2) is 22.6 Å². The van der Waals surface area contributed by atoms with E-state index < -0.39 is 34.3 Å². The topological polar surface area (TPSA) is 74.8 Å². The number of anilines is 1. The van der Waals surface area contributed by atoms with Crippen molar-refractivity contribution in [2.75, 3.05) is 11.1 Å². The molecule has 0 saturated heterocycles. The minimum atomic E-state index is -1.66. The Labute approximate surface area is 156 Å². The van der Waals surface area contributed by atoms with Gasteiger partial charge in [-0.2, -0.15) is 11.8 Å².